The fraction of sp³-hybridized carbons (Fsp3) is 0.222. The van der Waals surface area contributed by atoms with Gasteiger partial charge in [0, 0.05) is 30.9 Å². The summed E-state index contributed by atoms with van der Waals surface area (Å²) in [6, 6.07) is 3.64. The Morgan fingerprint density at radius 2 is 2.03 bits per heavy atom. The molecule has 4 aromatic heterocycles. The molecule has 1 aliphatic heterocycles. The van der Waals surface area contributed by atoms with Gasteiger partial charge in [0.25, 0.3) is 0 Å². The van der Waals surface area contributed by atoms with Crippen molar-refractivity contribution in [2.24, 2.45) is 0 Å². The van der Waals surface area contributed by atoms with Crippen LogP contribution >= 0.6 is 0 Å². The number of aromatic nitrogens is 6. The number of anilines is 1. The van der Waals surface area contributed by atoms with E-state index in [2.05, 4.69) is 36.0 Å². The first-order valence-corrected chi connectivity index (χ1v) is 8.91. The van der Waals surface area contributed by atoms with Crippen molar-refractivity contribution in [3.63, 3.8) is 0 Å². The Kier molecular flexibility index (Phi) is 4.16. The second-order valence-electron chi connectivity index (χ2n) is 6.72. The zero-order valence-corrected chi connectivity index (χ0v) is 14.9. The number of imidazole rings is 1. The molecule has 1 saturated heterocycles. The molecular weight excluding hydrogens is 385 g/mol. The molecule has 0 radical (unpaired) electrons. The van der Waals surface area contributed by atoms with Gasteiger partial charge < -0.3 is 10.6 Å². The highest BCUT2D eigenvalue weighted by atomic mass is 19.1. The van der Waals surface area contributed by atoms with E-state index in [1.165, 1.54) is 6.20 Å². The minimum atomic E-state index is -1.18. The number of fused-ring (bicyclic) bond motifs is 1. The Bertz CT molecular complexity index is 1170. The number of halogens is 3. The standard InChI is InChI=1S/C18H15F3N8/c19-10-4-11(20)18(25-14-6-22-5-12(14)21)26-17(10)15-8-23-16-3-9(1-2-29(15)16)13-7-24-28-27-13/h1-4,7-8,12,14,22H,5-6H2,(H,25,26)(H,24,27,28). The quantitative estimate of drug-likeness (QED) is 0.486. The lowest BCUT2D eigenvalue weighted by atomic mass is 10.2. The average Bonchev–Trinajstić information content (AvgIpc) is 3.45. The summed E-state index contributed by atoms with van der Waals surface area (Å²) in [5.41, 5.74) is 2.21. The van der Waals surface area contributed by atoms with Crippen LogP contribution in [0.25, 0.3) is 28.3 Å². The van der Waals surface area contributed by atoms with Crippen LogP contribution in [0.4, 0.5) is 19.0 Å². The van der Waals surface area contributed by atoms with E-state index in [1.807, 2.05) is 0 Å². The molecule has 11 heteroatoms. The van der Waals surface area contributed by atoms with Crippen molar-refractivity contribution in [3.05, 3.63) is 48.4 Å². The summed E-state index contributed by atoms with van der Waals surface area (Å²) < 4.78 is 44.2. The van der Waals surface area contributed by atoms with Crippen LogP contribution in [0.15, 0.2) is 36.8 Å². The number of hydrogen-bond donors (Lipinski definition) is 3. The van der Waals surface area contributed by atoms with E-state index in [4.69, 9.17) is 0 Å². The molecule has 0 saturated carbocycles. The number of H-pyrrole nitrogens is 1. The predicted octanol–water partition coefficient (Wildman–Crippen LogP) is 2.18. The second-order valence-corrected chi connectivity index (χ2v) is 6.72. The summed E-state index contributed by atoms with van der Waals surface area (Å²) in [6.45, 7) is 0.504. The van der Waals surface area contributed by atoms with Crippen molar-refractivity contribution in [1.82, 2.24) is 35.1 Å². The highest BCUT2D eigenvalue weighted by Crippen LogP contribution is 2.28. The molecular formula is C18H15F3N8. The molecule has 2 atom stereocenters. The molecule has 2 unspecified atom stereocenters. The Morgan fingerprint density at radius 1 is 1.14 bits per heavy atom. The lowest BCUT2D eigenvalue weighted by Gasteiger charge is -2.16. The summed E-state index contributed by atoms with van der Waals surface area (Å²) in [5.74, 6) is -1.92. The SMILES string of the molecule is Fc1cc(F)c(-c2cnc3cc(-c4cn[nH]n4)ccn23)nc1NC1CNCC1F. The number of pyridine rings is 2. The van der Waals surface area contributed by atoms with Crippen LogP contribution < -0.4 is 10.6 Å². The molecule has 1 aliphatic rings. The Balaban J connectivity index is 1.54. The third kappa shape index (κ3) is 3.09. The van der Waals surface area contributed by atoms with Crippen molar-refractivity contribution < 1.29 is 13.2 Å². The Morgan fingerprint density at radius 3 is 2.79 bits per heavy atom. The van der Waals surface area contributed by atoms with Crippen LogP contribution in [-0.4, -0.2) is 55.1 Å². The van der Waals surface area contributed by atoms with Crippen LogP contribution in [-0.2, 0) is 0 Å². The molecule has 1 fully saturated rings. The molecule has 3 N–H and O–H groups in total. The number of aromatic amines is 1. The summed E-state index contributed by atoms with van der Waals surface area (Å²) in [5, 5.41) is 15.9. The lowest BCUT2D eigenvalue weighted by Crippen LogP contribution is -2.30. The van der Waals surface area contributed by atoms with Crippen LogP contribution in [0.3, 0.4) is 0 Å². The number of hydrogen-bond acceptors (Lipinski definition) is 6. The maximum Gasteiger partial charge on any atom is 0.168 e. The van der Waals surface area contributed by atoms with Gasteiger partial charge in [-0.15, -0.1) is 0 Å². The first kappa shape index (κ1) is 17.6. The molecule has 0 aromatic carbocycles. The summed E-state index contributed by atoms with van der Waals surface area (Å²) in [7, 11) is 0. The van der Waals surface area contributed by atoms with Gasteiger partial charge in [-0.3, -0.25) is 4.40 Å². The topological polar surface area (TPSA) is 95.8 Å². The number of nitrogens with zero attached hydrogens (tertiary/aromatic N) is 5. The van der Waals surface area contributed by atoms with Gasteiger partial charge in [0.2, 0.25) is 0 Å². The van der Waals surface area contributed by atoms with E-state index in [0.717, 1.165) is 11.6 Å². The normalized spacial score (nSPS) is 19.1. The van der Waals surface area contributed by atoms with Gasteiger partial charge in [-0.2, -0.15) is 15.4 Å². The molecule has 0 spiro atoms. The van der Waals surface area contributed by atoms with E-state index in [9.17, 15) is 13.2 Å². The Hall–Kier alpha value is -3.47. The molecule has 8 nitrogen and oxygen atoms in total. The third-order valence-electron chi connectivity index (χ3n) is 4.86. The van der Waals surface area contributed by atoms with Gasteiger partial charge in [-0.1, -0.05) is 0 Å². The number of alkyl halides is 1. The monoisotopic (exact) mass is 400 g/mol. The number of rotatable bonds is 4. The third-order valence-corrected chi connectivity index (χ3v) is 4.86. The van der Waals surface area contributed by atoms with Crippen molar-refractivity contribution in [2.45, 2.75) is 12.2 Å². The summed E-state index contributed by atoms with van der Waals surface area (Å²) in [6.07, 6.45) is 3.53. The molecule has 0 aliphatic carbocycles. The van der Waals surface area contributed by atoms with Gasteiger partial charge in [-0.25, -0.2) is 23.1 Å². The van der Waals surface area contributed by atoms with Gasteiger partial charge in [-0.05, 0) is 12.1 Å². The van der Waals surface area contributed by atoms with Crippen LogP contribution in [0.5, 0.6) is 0 Å². The minimum absolute atomic E-state index is 0.0862. The van der Waals surface area contributed by atoms with Gasteiger partial charge >= 0.3 is 0 Å². The molecule has 4 aromatic rings. The van der Waals surface area contributed by atoms with Crippen LogP contribution in [0.1, 0.15) is 0 Å². The Labute approximate surface area is 162 Å². The predicted molar refractivity (Wildman–Crippen MR) is 98.9 cm³/mol. The lowest BCUT2D eigenvalue weighted by molar-refractivity contribution is 0.341. The van der Waals surface area contributed by atoms with Crippen LogP contribution in [0.2, 0.25) is 0 Å². The summed E-state index contributed by atoms with van der Waals surface area (Å²) in [4.78, 5) is 8.38. The zero-order chi connectivity index (χ0) is 20.0. The van der Waals surface area contributed by atoms with Crippen molar-refractivity contribution in [1.29, 1.82) is 0 Å². The maximum atomic E-state index is 14.5. The molecule has 148 valence electrons. The second kappa shape index (κ2) is 6.85. The van der Waals surface area contributed by atoms with Crippen molar-refractivity contribution >= 4 is 11.5 Å². The highest BCUT2D eigenvalue weighted by molar-refractivity contribution is 5.68. The van der Waals surface area contributed by atoms with E-state index in [0.29, 0.717) is 23.6 Å². The first-order valence-electron chi connectivity index (χ1n) is 8.91. The van der Waals surface area contributed by atoms with Crippen molar-refractivity contribution in [3.8, 4) is 22.6 Å². The smallest absolute Gasteiger partial charge is 0.168 e. The van der Waals surface area contributed by atoms with Crippen molar-refractivity contribution in [2.75, 3.05) is 18.4 Å². The molecule has 5 rings (SSSR count). The molecule has 0 amide bonds. The average molecular weight is 400 g/mol. The largest absolute Gasteiger partial charge is 0.361 e. The van der Waals surface area contributed by atoms with E-state index >= 15 is 0 Å². The van der Waals surface area contributed by atoms with Gasteiger partial charge in [0.1, 0.15) is 23.2 Å². The van der Waals surface area contributed by atoms with Gasteiger partial charge in [0.15, 0.2) is 17.5 Å². The van der Waals surface area contributed by atoms with Crippen LogP contribution in [0, 0.1) is 11.6 Å². The highest BCUT2D eigenvalue weighted by Gasteiger charge is 2.28. The first-order chi connectivity index (χ1) is 14.1. The number of nitrogens with one attached hydrogen (secondary N) is 3. The minimum Gasteiger partial charge on any atom is -0.361 e. The zero-order valence-electron chi connectivity index (χ0n) is 14.9. The fourth-order valence-electron chi connectivity index (χ4n) is 3.37. The van der Waals surface area contributed by atoms with E-state index in [-0.39, 0.29) is 18.1 Å². The fourth-order valence-corrected chi connectivity index (χ4v) is 3.37. The summed E-state index contributed by atoms with van der Waals surface area (Å²) >= 11 is 0. The molecule has 0 bridgehead atoms. The molecule has 29 heavy (non-hydrogen) atoms. The van der Waals surface area contributed by atoms with E-state index < -0.39 is 23.8 Å². The maximum absolute atomic E-state index is 14.5. The van der Waals surface area contributed by atoms with Gasteiger partial charge in [0.05, 0.1) is 24.1 Å². The van der Waals surface area contributed by atoms with E-state index in [1.54, 1.807) is 28.9 Å². The molecule has 5 heterocycles.